The largest absolute Gasteiger partial charge is 0.481 e. The molecule has 0 atom stereocenters. The molecule has 6 heteroatoms. The summed E-state index contributed by atoms with van der Waals surface area (Å²) >= 11 is 0. The minimum absolute atomic E-state index is 0.105. The number of nitrogens with zero attached hydrogens (tertiary/aromatic N) is 3. The van der Waals surface area contributed by atoms with Gasteiger partial charge < -0.3 is 14.6 Å². The van der Waals surface area contributed by atoms with Crippen molar-refractivity contribution < 1.29 is 9.53 Å². The van der Waals surface area contributed by atoms with Crippen LogP contribution in [0.3, 0.4) is 0 Å². The van der Waals surface area contributed by atoms with E-state index in [0.717, 1.165) is 54.8 Å². The average Bonchev–Trinajstić information content (AvgIpc) is 3.13. The van der Waals surface area contributed by atoms with Crippen LogP contribution in [0.2, 0.25) is 0 Å². The van der Waals surface area contributed by atoms with E-state index in [4.69, 9.17) is 4.74 Å². The number of rotatable bonds is 4. The molecule has 1 aliphatic heterocycles. The lowest BCUT2D eigenvalue weighted by atomic mass is 10.1. The predicted octanol–water partition coefficient (Wildman–Crippen LogP) is 2.53. The number of benzene rings is 1. The third-order valence-corrected chi connectivity index (χ3v) is 4.89. The zero-order chi connectivity index (χ0) is 17.9. The van der Waals surface area contributed by atoms with E-state index >= 15 is 0 Å². The molecule has 0 bridgehead atoms. The van der Waals surface area contributed by atoms with Crippen molar-refractivity contribution in [3.05, 3.63) is 59.9 Å². The Balaban J connectivity index is 1.37. The van der Waals surface area contributed by atoms with E-state index in [1.165, 1.54) is 0 Å². The Kier molecular flexibility index (Phi) is 4.58. The molecule has 26 heavy (non-hydrogen) atoms. The number of piperazine rings is 1. The molecule has 1 aliphatic rings. The normalized spacial score (nSPS) is 15.3. The molecule has 1 amide bonds. The maximum absolute atomic E-state index is 12.9. The van der Waals surface area contributed by atoms with Crippen LogP contribution >= 0.6 is 0 Å². The van der Waals surface area contributed by atoms with E-state index < -0.39 is 0 Å². The zero-order valence-corrected chi connectivity index (χ0v) is 14.8. The number of pyridine rings is 1. The highest BCUT2D eigenvalue weighted by molar-refractivity contribution is 6.06. The fourth-order valence-electron chi connectivity index (χ4n) is 3.41. The number of amides is 1. The first kappa shape index (κ1) is 16.6. The van der Waals surface area contributed by atoms with Crippen LogP contribution in [-0.2, 0) is 6.54 Å². The van der Waals surface area contributed by atoms with Crippen LogP contribution in [0.4, 0.5) is 0 Å². The number of H-pyrrole nitrogens is 1. The number of hydrogen-bond acceptors (Lipinski definition) is 4. The number of carbonyl (C=O) groups is 1. The Hall–Kier alpha value is -2.86. The van der Waals surface area contributed by atoms with Gasteiger partial charge in [-0.3, -0.25) is 9.69 Å². The lowest BCUT2D eigenvalue weighted by Gasteiger charge is -2.34. The Morgan fingerprint density at radius 1 is 1.15 bits per heavy atom. The highest BCUT2D eigenvalue weighted by Gasteiger charge is 2.24. The van der Waals surface area contributed by atoms with Gasteiger partial charge in [0.25, 0.3) is 5.91 Å². The first-order chi connectivity index (χ1) is 12.7. The summed E-state index contributed by atoms with van der Waals surface area (Å²) in [6.07, 6.45) is 3.67. The topological polar surface area (TPSA) is 61.5 Å². The number of carbonyl (C=O) groups excluding carboxylic acids is 1. The van der Waals surface area contributed by atoms with Gasteiger partial charge in [-0.15, -0.1) is 0 Å². The molecule has 6 nitrogen and oxygen atoms in total. The molecule has 0 unspecified atom stereocenters. The monoisotopic (exact) mass is 350 g/mol. The molecular weight excluding hydrogens is 328 g/mol. The third kappa shape index (κ3) is 3.28. The number of fused-ring (bicyclic) bond motifs is 1. The second-order valence-corrected chi connectivity index (χ2v) is 6.53. The molecular formula is C20H22N4O2. The Morgan fingerprint density at radius 3 is 2.69 bits per heavy atom. The highest BCUT2D eigenvalue weighted by Crippen LogP contribution is 2.20. The number of methoxy groups -OCH3 is 1. The van der Waals surface area contributed by atoms with Crippen molar-refractivity contribution >= 4 is 16.8 Å². The van der Waals surface area contributed by atoms with Gasteiger partial charge in [0.1, 0.15) is 0 Å². The Labute approximate surface area is 152 Å². The van der Waals surface area contributed by atoms with Crippen molar-refractivity contribution in [1.82, 2.24) is 19.8 Å². The first-order valence-electron chi connectivity index (χ1n) is 8.81. The summed E-state index contributed by atoms with van der Waals surface area (Å²) in [5, 5.41) is 0.990. The lowest BCUT2D eigenvalue weighted by Crippen LogP contribution is -2.48. The number of nitrogens with one attached hydrogen (secondary N) is 1. The summed E-state index contributed by atoms with van der Waals surface area (Å²) in [6.45, 7) is 4.04. The maximum Gasteiger partial charge on any atom is 0.256 e. The molecule has 1 fully saturated rings. The smallest absolute Gasteiger partial charge is 0.256 e. The molecule has 0 radical (unpaired) electrons. The molecule has 1 aromatic carbocycles. The fraction of sp³-hybridized carbons (Fsp3) is 0.300. The molecule has 1 N–H and O–H groups in total. The molecule has 0 spiro atoms. The summed E-state index contributed by atoms with van der Waals surface area (Å²) in [5.74, 6) is 0.733. The van der Waals surface area contributed by atoms with Crippen LogP contribution in [0.25, 0.3) is 10.9 Å². The molecule has 1 saturated heterocycles. The van der Waals surface area contributed by atoms with Gasteiger partial charge in [0.05, 0.1) is 12.7 Å². The summed E-state index contributed by atoms with van der Waals surface area (Å²) in [6, 6.07) is 11.8. The van der Waals surface area contributed by atoms with Gasteiger partial charge >= 0.3 is 0 Å². The standard InChI is InChI=1S/C20H22N4O2/c1-26-19-7-6-15(12-22-19)14-23-8-10-24(11-9-23)20(25)17-13-21-18-5-3-2-4-16(17)18/h2-7,12-13,21H,8-11,14H2,1H3. The van der Waals surface area contributed by atoms with Gasteiger partial charge in [-0.1, -0.05) is 24.3 Å². The van der Waals surface area contributed by atoms with Gasteiger partial charge in [-0.2, -0.15) is 0 Å². The molecule has 4 rings (SSSR count). The minimum atomic E-state index is 0.105. The van der Waals surface area contributed by atoms with Crippen molar-refractivity contribution in [3.63, 3.8) is 0 Å². The average molecular weight is 350 g/mol. The summed E-state index contributed by atoms with van der Waals surface area (Å²) < 4.78 is 5.09. The highest BCUT2D eigenvalue weighted by atomic mass is 16.5. The Morgan fingerprint density at radius 2 is 1.96 bits per heavy atom. The van der Waals surface area contributed by atoms with Gasteiger partial charge in [-0.25, -0.2) is 4.98 Å². The number of hydrogen-bond donors (Lipinski definition) is 1. The third-order valence-electron chi connectivity index (χ3n) is 4.89. The predicted molar refractivity (Wildman–Crippen MR) is 100 cm³/mol. The second-order valence-electron chi connectivity index (χ2n) is 6.53. The number of aromatic nitrogens is 2. The van der Waals surface area contributed by atoms with Crippen molar-refractivity contribution in [2.24, 2.45) is 0 Å². The van der Waals surface area contributed by atoms with Crippen LogP contribution in [0, 0.1) is 0 Å². The van der Waals surface area contributed by atoms with E-state index in [-0.39, 0.29) is 5.91 Å². The van der Waals surface area contributed by atoms with Gasteiger partial charge in [0.2, 0.25) is 5.88 Å². The molecule has 134 valence electrons. The van der Waals surface area contributed by atoms with E-state index in [2.05, 4.69) is 14.9 Å². The first-order valence-corrected chi connectivity index (χ1v) is 8.81. The number of para-hydroxylation sites is 1. The van der Waals surface area contributed by atoms with Crippen LogP contribution in [-0.4, -0.2) is 59.0 Å². The quantitative estimate of drug-likeness (QED) is 0.785. The van der Waals surface area contributed by atoms with Gasteiger partial charge in [-0.05, 0) is 11.6 Å². The van der Waals surface area contributed by atoms with Crippen LogP contribution in [0.15, 0.2) is 48.8 Å². The SMILES string of the molecule is COc1ccc(CN2CCN(C(=O)c3c[nH]c4ccccc34)CC2)cn1. The minimum Gasteiger partial charge on any atom is -0.481 e. The van der Waals surface area contributed by atoms with Crippen LogP contribution < -0.4 is 4.74 Å². The Bertz CT molecular complexity index is 896. The van der Waals surface area contributed by atoms with Crippen molar-refractivity contribution in [3.8, 4) is 5.88 Å². The summed E-state index contributed by atoms with van der Waals surface area (Å²) in [7, 11) is 1.62. The lowest BCUT2D eigenvalue weighted by molar-refractivity contribution is 0.0630. The van der Waals surface area contributed by atoms with Crippen molar-refractivity contribution in [2.75, 3.05) is 33.3 Å². The van der Waals surface area contributed by atoms with Crippen LogP contribution in [0.1, 0.15) is 15.9 Å². The van der Waals surface area contributed by atoms with Gasteiger partial charge in [0.15, 0.2) is 0 Å². The van der Waals surface area contributed by atoms with E-state index in [1.54, 1.807) is 7.11 Å². The van der Waals surface area contributed by atoms with E-state index in [1.807, 2.05) is 53.7 Å². The number of ether oxygens (including phenoxy) is 1. The van der Waals surface area contributed by atoms with Gasteiger partial charge in [0, 0.05) is 62.1 Å². The van der Waals surface area contributed by atoms with Crippen molar-refractivity contribution in [2.45, 2.75) is 6.54 Å². The number of aromatic amines is 1. The zero-order valence-electron chi connectivity index (χ0n) is 14.8. The summed E-state index contributed by atoms with van der Waals surface area (Å²) in [5.41, 5.74) is 2.91. The molecule has 0 aliphatic carbocycles. The molecule has 3 heterocycles. The molecule has 3 aromatic rings. The van der Waals surface area contributed by atoms with Crippen LogP contribution in [0.5, 0.6) is 5.88 Å². The molecule has 2 aromatic heterocycles. The molecule has 0 saturated carbocycles. The van der Waals surface area contributed by atoms with E-state index in [9.17, 15) is 4.79 Å². The fourth-order valence-corrected chi connectivity index (χ4v) is 3.41. The maximum atomic E-state index is 12.9. The second kappa shape index (κ2) is 7.17. The summed E-state index contributed by atoms with van der Waals surface area (Å²) in [4.78, 5) is 24.6. The van der Waals surface area contributed by atoms with Crippen molar-refractivity contribution in [1.29, 1.82) is 0 Å². The van der Waals surface area contributed by atoms with E-state index in [0.29, 0.717) is 5.88 Å².